The van der Waals surface area contributed by atoms with Crippen LogP contribution in [0.15, 0.2) is 24.3 Å². The fourth-order valence-corrected chi connectivity index (χ4v) is 7.30. The van der Waals surface area contributed by atoms with Crippen LogP contribution in [0.1, 0.15) is 59.3 Å². The van der Waals surface area contributed by atoms with Crippen LogP contribution in [-0.2, 0) is 9.47 Å². The summed E-state index contributed by atoms with van der Waals surface area (Å²) in [5, 5.41) is 51.1. The van der Waals surface area contributed by atoms with Crippen LogP contribution in [0.25, 0.3) is 0 Å². The maximum absolute atomic E-state index is 11.1. The highest BCUT2D eigenvalue weighted by Crippen LogP contribution is 2.63. The smallest absolute Gasteiger partial charge is 0.186 e. The lowest BCUT2D eigenvalue weighted by molar-refractivity contribution is -0.312. The van der Waals surface area contributed by atoms with E-state index in [-0.39, 0.29) is 23.4 Å². The molecule has 0 spiro atoms. The molecule has 0 aromatic heterocycles. The largest absolute Gasteiger partial charge is 0.394 e. The molecular formula is C26H42O7. The van der Waals surface area contributed by atoms with Gasteiger partial charge in [0.15, 0.2) is 6.29 Å². The molecule has 3 fully saturated rings. The number of aliphatic hydroxyl groups is 5. The molecule has 11 atom stereocenters. The average molecular weight is 467 g/mol. The Bertz CT molecular complexity index is 768. The molecule has 5 N–H and O–H groups in total. The van der Waals surface area contributed by atoms with Crippen LogP contribution in [-0.4, -0.2) is 75.6 Å². The lowest BCUT2D eigenvalue weighted by Crippen LogP contribution is -2.61. The standard InChI is InChI=1S/C26H42O7/c1-5-24(2)10-8-16-15(12-24)6-7-18-25(16,3)11-9-19(28)26(18,4)14-32-23-22(31)21(30)20(29)17(13-27)33-23/h5-6,16-23,27-31H,1,7-14H2,2-4H3/t16?,17-,18?,19?,20-,21+,22+,23-,24+,25-,26-/m1/s1. The number of fused-ring (bicyclic) bond motifs is 3. The van der Waals surface area contributed by atoms with E-state index in [1.807, 2.05) is 0 Å². The Labute approximate surface area is 197 Å². The third-order valence-electron chi connectivity index (χ3n) is 9.68. The number of hydrogen-bond acceptors (Lipinski definition) is 7. The minimum atomic E-state index is -1.48. The van der Waals surface area contributed by atoms with Crippen molar-refractivity contribution in [3.63, 3.8) is 0 Å². The molecule has 2 saturated carbocycles. The number of rotatable bonds is 5. The number of allylic oxidation sites excluding steroid dienone is 3. The second-order valence-corrected chi connectivity index (χ2v) is 11.8. The highest BCUT2D eigenvalue weighted by atomic mass is 16.7. The molecule has 0 amide bonds. The van der Waals surface area contributed by atoms with Gasteiger partial charge in [0.1, 0.15) is 24.4 Å². The lowest BCUT2D eigenvalue weighted by atomic mass is 9.45. The molecular weight excluding hydrogens is 424 g/mol. The molecule has 4 rings (SSSR count). The van der Waals surface area contributed by atoms with Gasteiger partial charge in [0, 0.05) is 5.41 Å². The topological polar surface area (TPSA) is 120 Å². The first-order valence-corrected chi connectivity index (χ1v) is 12.4. The van der Waals surface area contributed by atoms with Crippen molar-refractivity contribution in [2.45, 2.75) is 96.1 Å². The van der Waals surface area contributed by atoms with Gasteiger partial charge in [-0.25, -0.2) is 0 Å². The molecule has 3 aliphatic carbocycles. The normalized spacial score (nSPS) is 52.4. The lowest BCUT2D eigenvalue weighted by Gasteiger charge is -2.61. The summed E-state index contributed by atoms with van der Waals surface area (Å²) < 4.78 is 11.5. The van der Waals surface area contributed by atoms with E-state index in [2.05, 4.69) is 39.5 Å². The van der Waals surface area contributed by atoms with Crippen molar-refractivity contribution in [3.8, 4) is 0 Å². The summed E-state index contributed by atoms with van der Waals surface area (Å²) in [4.78, 5) is 0. The summed E-state index contributed by atoms with van der Waals surface area (Å²) in [6.45, 7) is 10.4. The third-order valence-corrected chi connectivity index (χ3v) is 9.68. The summed E-state index contributed by atoms with van der Waals surface area (Å²) >= 11 is 0. The molecule has 1 heterocycles. The molecule has 33 heavy (non-hydrogen) atoms. The zero-order chi connectivity index (χ0) is 24.2. The molecule has 7 heteroatoms. The second kappa shape index (κ2) is 9.01. The summed E-state index contributed by atoms with van der Waals surface area (Å²) in [7, 11) is 0. The van der Waals surface area contributed by atoms with E-state index in [0.29, 0.717) is 12.3 Å². The number of ether oxygens (including phenoxy) is 2. The number of hydrogen-bond donors (Lipinski definition) is 5. The molecule has 0 radical (unpaired) electrons. The Morgan fingerprint density at radius 1 is 1.09 bits per heavy atom. The van der Waals surface area contributed by atoms with Crippen molar-refractivity contribution in [2.75, 3.05) is 13.2 Å². The molecule has 1 saturated heterocycles. The van der Waals surface area contributed by atoms with Crippen molar-refractivity contribution in [2.24, 2.45) is 28.1 Å². The first-order valence-electron chi connectivity index (χ1n) is 12.4. The van der Waals surface area contributed by atoms with E-state index in [1.54, 1.807) is 0 Å². The van der Waals surface area contributed by atoms with Gasteiger partial charge in [-0.1, -0.05) is 38.5 Å². The molecule has 188 valence electrons. The second-order valence-electron chi connectivity index (χ2n) is 11.8. The van der Waals surface area contributed by atoms with Crippen molar-refractivity contribution in [1.82, 2.24) is 0 Å². The van der Waals surface area contributed by atoms with Crippen molar-refractivity contribution < 1.29 is 35.0 Å². The fraction of sp³-hybridized carbons (Fsp3) is 0.846. The molecule has 0 bridgehead atoms. The average Bonchev–Trinajstić information content (AvgIpc) is 2.80. The fourth-order valence-electron chi connectivity index (χ4n) is 7.30. The Kier molecular flexibility index (Phi) is 6.91. The summed E-state index contributed by atoms with van der Waals surface area (Å²) in [6.07, 6.45) is 3.17. The van der Waals surface area contributed by atoms with Crippen molar-refractivity contribution in [1.29, 1.82) is 0 Å². The van der Waals surface area contributed by atoms with Crippen LogP contribution >= 0.6 is 0 Å². The SMILES string of the molecule is C=C[C@@]1(C)CCC2C(=CCC3[C@@](C)(CO[C@@H]4O[C@H](CO)[C@@H](O)[C@H](O)[C@@H]4O)C(O)CC[C@]23C)C1. The van der Waals surface area contributed by atoms with Crippen LogP contribution in [0.2, 0.25) is 0 Å². The first kappa shape index (κ1) is 25.3. The van der Waals surface area contributed by atoms with E-state index < -0.39 is 48.8 Å². The van der Waals surface area contributed by atoms with Gasteiger partial charge in [0.25, 0.3) is 0 Å². The Morgan fingerprint density at radius 3 is 2.48 bits per heavy atom. The van der Waals surface area contributed by atoms with Gasteiger partial charge in [-0.2, -0.15) is 0 Å². The highest BCUT2D eigenvalue weighted by Gasteiger charge is 2.59. The minimum absolute atomic E-state index is 0.0410. The van der Waals surface area contributed by atoms with Crippen molar-refractivity contribution in [3.05, 3.63) is 24.3 Å². The molecule has 3 unspecified atom stereocenters. The van der Waals surface area contributed by atoms with E-state index in [1.165, 1.54) is 5.57 Å². The van der Waals surface area contributed by atoms with E-state index >= 15 is 0 Å². The first-order chi connectivity index (χ1) is 15.5. The summed E-state index contributed by atoms with van der Waals surface area (Å²) in [5.41, 5.74) is 1.15. The van der Waals surface area contributed by atoms with Crippen LogP contribution in [0.3, 0.4) is 0 Å². The van der Waals surface area contributed by atoms with Gasteiger partial charge in [-0.15, -0.1) is 6.58 Å². The van der Waals surface area contributed by atoms with Gasteiger partial charge in [0.2, 0.25) is 0 Å². The maximum atomic E-state index is 11.1. The summed E-state index contributed by atoms with van der Waals surface area (Å²) in [5.74, 6) is 0.670. The predicted octanol–water partition coefficient (Wildman–Crippen LogP) is 1.91. The zero-order valence-electron chi connectivity index (χ0n) is 20.2. The zero-order valence-corrected chi connectivity index (χ0v) is 20.2. The van der Waals surface area contributed by atoms with E-state index in [9.17, 15) is 25.5 Å². The molecule has 0 aromatic rings. The van der Waals surface area contributed by atoms with Crippen molar-refractivity contribution >= 4 is 0 Å². The third kappa shape index (κ3) is 4.14. The molecule has 0 aromatic carbocycles. The number of aliphatic hydroxyl groups excluding tert-OH is 5. The van der Waals surface area contributed by atoms with Crippen LogP contribution in [0.4, 0.5) is 0 Å². The van der Waals surface area contributed by atoms with Gasteiger partial charge in [-0.05, 0) is 61.2 Å². The van der Waals surface area contributed by atoms with Crippen LogP contribution in [0.5, 0.6) is 0 Å². The van der Waals surface area contributed by atoms with Gasteiger partial charge >= 0.3 is 0 Å². The summed E-state index contributed by atoms with van der Waals surface area (Å²) in [6, 6.07) is 0. The molecule has 1 aliphatic heterocycles. The van der Waals surface area contributed by atoms with Gasteiger partial charge in [0.05, 0.1) is 19.3 Å². The van der Waals surface area contributed by atoms with E-state index in [4.69, 9.17) is 9.47 Å². The quantitative estimate of drug-likeness (QED) is 0.393. The minimum Gasteiger partial charge on any atom is -0.394 e. The highest BCUT2D eigenvalue weighted by molar-refractivity contribution is 5.25. The predicted molar refractivity (Wildman–Crippen MR) is 123 cm³/mol. The Hall–Kier alpha value is -0.800. The molecule has 7 nitrogen and oxygen atoms in total. The van der Waals surface area contributed by atoms with Crippen LogP contribution in [0, 0.1) is 28.1 Å². The maximum Gasteiger partial charge on any atom is 0.186 e. The monoisotopic (exact) mass is 466 g/mol. The van der Waals surface area contributed by atoms with Gasteiger partial charge < -0.3 is 35.0 Å². The molecule has 4 aliphatic rings. The van der Waals surface area contributed by atoms with Gasteiger partial charge in [-0.3, -0.25) is 0 Å². The Morgan fingerprint density at radius 2 is 1.82 bits per heavy atom. The van der Waals surface area contributed by atoms with Crippen LogP contribution < -0.4 is 0 Å². The Balaban J connectivity index is 1.54. The van der Waals surface area contributed by atoms with E-state index in [0.717, 1.165) is 32.1 Å².